The SMILES string of the molecule is CCCCCCCCCCCCCC(=O)OCCCCCCCCCCCCC(=O)O. The van der Waals surface area contributed by atoms with Gasteiger partial charge in [0.2, 0.25) is 0 Å². The Hall–Kier alpha value is -1.06. The van der Waals surface area contributed by atoms with E-state index in [4.69, 9.17) is 9.84 Å². The van der Waals surface area contributed by atoms with Gasteiger partial charge in [0.1, 0.15) is 0 Å². The van der Waals surface area contributed by atoms with Crippen LogP contribution in [0.4, 0.5) is 0 Å². The van der Waals surface area contributed by atoms with Gasteiger partial charge < -0.3 is 9.84 Å². The molecule has 31 heavy (non-hydrogen) atoms. The molecule has 1 N–H and O–H groups in total. The number of carbonyl (C=O) groups excluding carboxylic acids is 1. The van der Waals surface area contributed by atoms with Crippen molar-refractivity contribution in [1.29, 1.82) is 0 Å². The molecular weight excluding hydrogens is 388 g/mol. The van der Waals surface area contributed by atoms with Crippen LogP contribution in [0.1, 0.15) is 155 Å². The minimum absolute atomic E-state index is 0.0150. The van der Waals surface area contributed by atoms with E-state index >= 15 is 0 Å². The maximum Gasteiger partial charge on any atom is 0.305 e. The van der Waals surface area contributed by atoms with Crippen LogP contribution in [0.15, 0.2) is 0 Å². The van der Waals surface area contributed by atoms with Gasteiger partial charge in [0.25, 0.3) is 0 Å². The van der Waals surface area contributed by atoms with Crippen LogP contribution in [-0.2, 0) is 14.3 Å². The molecule has 4 heteroatoms. The Bertz CT molecular complexity index is 395. The van der Waals surface area contributed by atoms with Gasteiger partial charge >= 0.3 is 11.9 Å². The average molecular weight is 441 g/mol. The number of hydrogen-bond acceptors (Lipinski definition) is 3. The van der Waals surface area contributed by atoms with E-state index in [9.17, 15) is 9.59 Å². The Morgan fingerprint density at radius 3 is 1.29 bits per heavy atom. The molecule has 0 saturated carbocycles. The average Bonchev–Trinajstić information content (AvgIpc) is 2.75. The van der Waals surface area contributed by atoms with Crippen LogP contribution in [-0.4, -0.2) is 23.7 Å². The van der Waals surface area contributed by atoms with Crippen molar-refractivity contribution in [2.75, 3.05) is 6.61 Å². The first-order valence-corrected chi connectivity index (χ1v) is 13.5. The van der Waals surface area contributed by atoms with Crippen molar-refractivity contribution in [2.24, 2.45) is 0 Å². The van der Waals surface area contributed by atoms with Crippen LogP contribution in [0, 0.1) is 0 Å². The number of unbranched alkanes of at least 4 members (excludes halogenated alkanes) is 19. The van der Waals surface area contributed by atoms with E-state index in [1.807, 2.05) is 0 Å². The van der Waals surface area contributed by atoms with Crippen LogP contribution in [0.25, 0.3) is 0 Å². The van der Waals surface area contributed by atoms with Crippen molar-refractivity contribution >= 4 is 11.9 Å². The first kappa shape index (κ1) is 29.9. The third-order valence-electron chi connectivity index (χ3n) is 6.03. The number of ether oxygens (including phenoxy) is 1. The highest BCUT2D eigenvalue weighted by molar-refractivity contribution is 5.69. The molecule has 0 amide bonds. The summed E-state index contributed by atoms with van der Waals surface area (Å²) in [4.78, 5) is 22.2. The second kappa shape index (κ2) is 25.2. The summed E-state index contributed by atoms with van der Waals surface area (Å²) in [5, 5.41) is 8.58. The quantitative estimate of drug-likeness (QED) is 0.114. The number of carboxylic acid groups (broad SMARTS) is 1. The number of carboxylic acids is 1. The van der Waals surface area contributed by atoms with Crippen molar-refractivity contribution in [1.82, 2.24) is 0 Å². The van der Waals surface area contributed by atoms with E-state index in [0.29, 0.717) is 19.4 Å². The highest BCUT2D eigenvalue weighted by Crippen LogP contribution is 2.13. The summed E-state index contributed by atoms with van der Waals surface area (Å²) in [5.74, 6) is -0.696. The fourth-order valence-corrected chi connectivity index (χ4v) is 3.98. The summed E-state index contributed by atoms with van der Waals surface area (Å²) in [6.45, 7) is 2.85. The van der Waals surface area contributed by atoms with Crippen molar-refractivity contribution in [3.63, 3.8) is 0 Å². The maximum atomic E-state index is 11.8. The summed E-state index contributed by atoms with van der Waals surface area (Å²) in [7, 11) is 0. The minimum atomic E-state index is -0.681. The molecule has 0 bridgehead atoms. The van der Waals surface area contributed by atoms with E-state index in [1.165, 1.54) is 89.9 Å². The fourth-order valence-electron chi connectivity index (χ4n) is 3.98. The summed E-state index contributed by atoms with van der Waals surface area (Å²) in [5.41, 5.74) is 0. The summed E-state index contributed by atoms with van der Waals surface area (Å²) >= 11 is 0. The van der Waals surface area contributed by atoms with E-state index in [-0.39, 0.29) is 5.97 Å². The maximum absolute atomic E-state index is 11.8. The molecule has 0 rings (SSSR count). The van der Waals surface area contributed by atoms with E-state index in [2.05, 4.69) is 6.92 Å². The molecule has 4 nitrogen and oxygen atoms in total. The Kier molecular flexibility index (Phi) is 24.3. The molecule has 0 aliphatic carbocycles. The van der Waals surface area contributed by atoms with Gasteiger partial charge in [-0.2, -0.15) is 0 Å². The molecule has 0 atom stereocenters. The molecule has 184 valence electrons. The summed E-state index contributed by atoms with van der Waals surface area (Å²) in [6, 6.07) is 0. The van der Waals surface area contributed by atoms with Gasteiger partial charge in [-0.05, 0) is 19.3 Å². The first-order valence-electron chi connectivity index (χ1n) is 13.5. The lowest BCUT2D eigenvalue weighted by atomic mass is 10.1. The van der Waals surface area contributed by atoms with E-state index < -0.39 is 5.97 Å². The molecule has 0 unspecified atom stereocenters. The highest BCUT2D eigenvalue weighted by Gasteiger charge is 2.02. The normalized spacial score (nSPS) is 11.0. The van der Waals surface area contributed by atoms with Crippen LogP contribution >= 0.6 is 0 Å². The number of esters is 1. The highest BCUT2D eigenvalue weighted by atomic mass is 16.5. The third-order valence-corrected chi connectivity index (χ3v) is 6.03. The second-order valence-electron chi connectivity index (χ2n) is 9.19. The van der Waals surface area contributed by atoms with Crippen LogP contribution in [0.2, 0.25) is 0 Å². The Morgan fingerprint density at radius 2 is 0.871 bits per heavy atom. The molecule has 0 saturated heterocycles. The van der Waals surface area contributed by atoms with Crippen molar-refractivity contribution in [2.45, 2.75) is 155 Å². The molecule has 0 spiro atoms. The lowest BCUT2D eigenvalue weighted by Crippen LogP contribution is -2.05. The van der Waals surface area contributed by atoms with Gasteiger partial charge in [0.05, 0.1) is 6.61 Å². The first-order chi connectivity index (χ1) is 15.2. The minimum Gasteiger partial charge on any atom is -0.481 e. The van der Waals surface area contributed by atoms with Crippen LogP contribution < -0.4 is 0 Å². The molecule has 0 heterocycles. The standard InChI is InChI=1S/C27H52O4/c1-2-3-4-5-6-7-8-12-15-18-21-24-27(30)31-25-22-19-16-13-10-9-11-14-17-20-23-26(28)29/h2-25H2,1H3,(H,28,29). The summed E-state index contributed by atoms with van der Waals surface area (Å²) < 4.78 is 5.35. The van der Waals surface area contributed by atoms with Gasteiger partial charge in [-0.25, -0.2) is 0 Å². The van der Waals surface area contributed by atoms with Gasteiger partial charge in [-0.3, -0.25) is 9.59 Å². The Balaban J connectivity index is 3.16. The molecule has 0 aliphatic rings. The molecule has 0 fully saturated rings. The Morgan fingerprint density at radius 1 is 0.516 bits per heavy atom. The van der Waals surface area contributed by atoms with Crippen molar-refractivity contribution < 1.29 is 19.4 Å². The second-order valence-corrected chi connectivity index (χ2v) is 9.19. The fraction of sp³-hybridized carbons (Fsp3) is 0.926. The predicted octanol–water partition coefficient (Wildman–Crippen LogP) is 8.61. The zero-order valence-electron chi connectivity index (χ0n) is 20.6. The number of rotatable bonds is 25. The largest absolute Gasteiger partial charge is 0.481 e. The van der Waals surface area contributed by atoms with Gasteiger partial charge in [0, 0.05) is 12.8 Å². The molecule has 0 aromatic heterocycles. The van der Waals surface area contributed by atoms with Crippen LogP contribution in [0.3, 0.4) is 0 Å². The lowest BCUT2D eigenvalue weighted by Gasteiger charge is -2.06. The van der Waals surface area contributed by atoms with Crippen molar-refractivity contribution in [3.05, 3.63) is 0 Å². The van der Waals surface area contributed by atoms with Gasteiger partial charge in [-0.15, -0.1) is 0 Å². The molecule has 0 radical (unpaired) electrons. The zero-order chi connectivity index (χ0) is 22.8. The lowest BCUT2D eigenvalue weighted by molar-refractivity contribution is -0.144. The van der Waals surface area contributed by atoms with E-state index in [1.54, 1.807) is 0 Å². The predicted molar refractivity (Wildman–Crippen MR) is 130 cm³/mol. The zero-order valence-corrected chi connectivity index (χ0v) is 20.6. The van der Waals surface area contributed by atoms with Gasteiger partial charge in [0.15, 0.2) is 0 Å². The molecule has 0 aromatic carbocycles. The summed E-state index contributed by atoms with van der Waals surface area (Å²) in [6.07, 6.45) is 26.6. The number of aliphatic carboxylic acids is 1. The topological polar surface area (TPSA) is 63.6 Å². The smallest absolute Gasteiger partial charge is 0.305 e. The van der Waals surface area contributed by atoms with Crippen molar-refractivity contribution in [3.8, 4) is 0 Å². The molecule has 0 aliphatic heterocycles. The number of hydrogen-bond donors (Lipinski definition) is 1. The monoisotopic (exact) mass is 440 g/mol. The number of carbonyl (C=O) groups is 2. The third kappa shape index (κ3) is 26.9. The van der Waals surface area contributed by atoms with E-state index in [0.717, 1.165) is 44.9 Å². The molecule has 0 aromatic rings. The van der Waals surface area contributed by atoms with Gasteiger partial charge in [-0.1, -0.05) is 122 Å². The Labute approximate surface area is 192 Å². The van der Waals surface area contributed by atoms with Crippen LogP contribution in [0.5, 0.6) is 0 Å². The molecular formula is C27H52O4.